The summed E-state index contributed by atoms with van der Waals surface area (Å²) in [6, 6.07) is 0. The van der Waals surface area contributed by atoms with Gasteiger partial charge in [0.2, 0.25) is 0 Å². The summed E-state index contributed by atoms with van der Waals surface area (Å²) in [7, 11) is 1.87. The fraction of sp³-hybridized carbons (Fsp3) is 0.765. The minimum atomic E-state index is -0.0132. The Hall–Kier alpha value is -1.40. The molecule has 0 unspecified atom stereocenters. The van der Waals surface area contributed by atoms with E-state index in [9.17, 15) is 4.79 Å². The van der Waals surface area contributed by atoms with Crippen LogP contribution in [-0.2, 0) is 11.8 Å². The van der Waals surface area contributed by atoms with Gasteiger partial charge >= 0.3 is 0 Å². The summed E-state index contributed by atoms with van der Waals surface area (Å²) in [5.74, 6) is -0.0132. The van der Waals surface area contributed by atoms with E-state index < -0.39 is 0 Å². The molecule has 6 heteroatoms. The van der Waals surface area contributed by atoms with Crippen molar-refractivity contribution < 1.29 is 9.53 Å². The van der Waals surface area contributed by atoms with Gasteiger partial charge in [0.1, 0.15) is 5.69 Å². The lowest BCUT2D eigenvalue weighted by Gasteiger charge is -2.48. The maximum Gasteiger partial charge on any atom is 0.269 e. The molecule has 1 saturated heterocycles. The van der Waals surface area contributed by atoms with Gasteiger partial charge in [0.05, 0.1) is 25.2 Å². The van der Waals surface area contributed by atoms with Gasteiger partial charge < -0.3 is 14.6 Å². The van der Waals surface area contributed by atoms with E-state index in [2.05, 4.69) is 15.2 Å². The smallest absolute Gasteiger partial charge is 0.269 e. The SMILES string of the molecule is Cc1ncn(C)c1C(=O)NCC1(N2CCOCC2)CCCCC1. The van der Waals surface area contributed by atoms with E-state index in [1.54, 1.807) is 10.9 Å². The van der Waals surface area contributed by atoms with E-state index in [1.165, 1.54) is 19.3 Å². The van der Waals surface area contributed by atoms with Crippen molar-refractivity contribution in [1.29, 1.82) is 0 Å². The third kappa shape index (κ3) is 3.43. The lowest BCUT2D eigenvalue weighted by atomic mass is 9.79. The summed E-state index contributed by atoms with van der Waals surface area (Å²) in [5, 5.41) is 3.19. The number of amides is 1. The van der Waals surface area contributed by atoms with E-state index in [0.717, 1.165) is 51.4 Å². The second kappa shape index (κ2) is 7.01. The Morgan fingerprint density at radius 1 is 1.30 bits per heavy atom. The average molecular weight is 320 g/mol. The van der Waals surface area contributed by atoms with Gasteiger partial charge in [-0.2, -0.15) is 0 Å². The number of carbonyl (C=O) groups excluding carboxylic acids is 1. The Bertz CT molecular complexity index is 523. The number of nitrogens with zero attached hydrogens (tertiary/aromatic N) is 3. The van der Waals surface area contributed by atoms with Crippen LogP contribution in [0.25, 0.3) is 0 Å². The Morgan fingerprint density at radius 2 is 2.00 bits per heavy atom. The number of imidazole rings is 1. The molecule has 0 atom stereocenters. The van der Waals surface area contributed by atoms with E-state index >= 15 is 0 Å². The Morgan fingerprint density at radius 3 is 2.61 bits per heavy atom. The van der Waals surface area contributed by atoms with Crippen LogP contribution in [0.4, 0.5) is 0 Å². The fourth-order valence-corrected chi connectivity index (χ4v) is 4.05. The molecule has 1 N–H and O–H groups in total. The van der Waals surface area contributed by atoms with E-state index in [4.69, 9.17) is 4.74 Å². The molecule has 0 aromatic carbocycles. The van der Waals surface area contributed by atoms with Crippen LogP contribution in [-0.4, -0.2) is 58.7 Å². The molecule has 3 rings (SSSR count). The normalized spacial score (nSPS) is 22.0. The number of hydrogen-bond donors (Lipinski definition) is 1. The van der Waals surface area contributed by atoms with Gasteiger partial charge in [0.15, 0.2) is 0 Å². The van der Waals surface area contributed by atoms with Crippen LogP contribution in [0.15, 0.2) is 6.33 Å². The molecule has 23 heavy (non-hydrogen) atoms. The molecule has 2 heterocycles. The van der Waals surface area contributed by atoms with Crippen molar-refractivity contribution in [3.8, 4) is 0 Å². The van der Waals surface area contributed by atoms with Crippen LogP contribution in [0.1, 0.15) is 48.3 Å². The maximum absolute atomic E-state index is 12.6. The highest BCUT2D eigenvalue weighted by molar-refractivity contribution is 5.93. The van der Waals surface area contributed by atoms with Crippen LogP contribution in [0.3, 0.4) is 0 Å². The van der Waals surface area contributed by atoms with Gasteiger partial charge in [0, 0.05) is 32.2 Å². The summed E-state index contributed by atoms with van der Waals surface area (Å²) >= 11 is 0. The highest BCUT2D eigenvalue weighted by atomic mass is 16.5. The molecule has 2 aliphatic rings. The van der Waals surface area contributed by atoms with Crippen LogP contribution in [0, 0.1) is 6.92 Å². The number of rotatable bonds is 4. The van der Waals surface area contributed by atoms with Crippen LogP contribution < -0.4 is 5.32 Å². The van der Waals surface area contributed by atoms with E-state index in [0.29, 0.717) is 5.69 Å². The molecule has 1 aromatic heterocycles. The van der Waals surface area contributed by atoms with Crippen LogP contribution in [0.2, 0.25) is 0 Å². The lowest BCUT2D eigenvalue weighted by molar-refractivity contribution is -0.0361. The molecular formula is C17H28N4O2. The predicted octanol–water partition coefficient (Wildman–Crippen LogP) is 1.49. The van der Waals surface area contributed by atoms with Crippen LogP contribution >= 0.6 is 0 Å². The fourth-order valence-electron chi connectivity index (χ4n) is 4.05. The highest BCUT2D eigenvalue weighted by Crippen LogP contribution is 2.33. The lowest BCUT2D eigenvalue weighted by Crippen LogP contribution is -2.59. The summed E-state index contributed by atoms with van der Waals surface area (Å²) < 4.78 is 7.31. The topological polar surface area (TPSA) is 59.4 Å². The second-order valence-electron chi connectivity index (χ2n) is 6.86. The van der Waals surface area contributed by atoms with Gasteiger partial charge in [-0.05, 0) is 19.8 Å². The predicted molar refractivity (Wildman–Crippen MR) is 88.5 cm³/mol. The van der Waals surface area contributed by atoms with E-state index in [-0.39, 0.29) is 11.4 Å². The molecule has 6 nitrogen and oxygen atoms in total. The molecule has 128 valence electrons. The van der Waals surface area contributed by atoms with Crippen molar-refractivity contribution in [3.63, 3.8) is 0 Å². The minimum absolute atomic E-state index is 0.0132. The number of aromatic nitrogens is 2. The Balaban J connectivity index is 1.70. The molecule has 0 bridgehead atoms. The molecule has 1 aliphatic carbocycles. The quantitative estimate of drug-likeness (QED) is 0.913. The van der Waals surface area contributed by atoms with Gasteiger partial charge in [-0.25, -0.2) is 4.98 Å². The van der Waals surface area contributed by atoms with Gasteiger partial charge in [0.25, 0.3) is 5.91 Å². The second-order valence-corrected chi connectivity index (χ2v) is 6.86. The first-order chi connectivity index (χ1) is 11.1. The van der Waals surface area contributed by atoms with Crippen molar-refractivity contribution in [2.75, 3.05) is 32.8 Å². The summed E-state index contributed by atoms with van der Waals surface area (Å²) in [6.45, 7) is 6.15. The average Bonchev–Trinajstić information content (AvgIpc) is 2.93. The van der Waals surface area contributed by atoms with Crippen molar-refractivity contribution >= 4 is 5.91 Å². The third-order valence-electron chi connectivity index (χ3n) is 5.38. The number of aryl methyl sites for hydroxylation is 2. The number of carbonyl (C=O) groups is 1. The molecule has 1 aromatic rings. The van der Waals surface area contributed by atoms with Crippen molar-refractivity contribution in [2.45, 2.75) is 44.6 Å². The van der Waals surface area contributed by atoms with Crippen LogP contribution in [0.5, 0.6) is 0 Å². The van der Waals surface area contributed by atoms with Gasteiger partial charge in [-0.1, -0.05) is 19.3 Å². The van der Waals surface area contributed by atoms with E-state index in [1.807, 2.05) is 14.0 Å². The first-order valence-electron chi connectivity index (χ1n) is 8.71. The monoisotopic (exact) mass is 320 g/mol. The zero-order valence-electron chi connectivity index (χ0n) is 14.3. The molecular weight excluding hydrogens is 292 g/mol. The van der Waals surface area contributed by atoms with Crippen molar-refractivity contribution in [3.05, 3.63) is 17.7 Å². The number of morpholine rings is 1. The minimum Gasteiger partial charge on any atom is -0.379 e. The van der Waals surface area contributed by atoms with Crippen molar-refractivity contribution in [2.24, 2.45) is 7.05 Å². The van der Waals surface area contributed by atoms with Crippen molar-refractivity contribution in [1.82, 2.24) is 19.8 Å². The Labute approximate surface area is 138 Å². The number of ether oxygens (including phenoxy) is 1. The molecule has 0 radical (unpaired) electrons. The zero-order chi connectivity index (χ0) is 16.3. The molecule has 1 amide bonds. The van der Waals surface area contributed by atoms with Gasteiger partial charge in [-0.15, -0.1) is 0 Å². The number of hydrogen-bond acceptors (Lipinski definition) is 4. The standard InChI is InChI=1S/C17H28N4O2/c1-14-15(20(2)13-19-14)16(22)18-12-17(6-4-3-5-7-17)21-8-10-23-11-9-21/h13H,3-12H2,1-2H3,(H,18,22). The zero-order valence-corrected chi connectivity index (χ0v) is 14.3. The largest absolute Gasteiger partial charge is 0.379 e. The maximum atomic E-state index is 12.6. The number of nitrogens with one attached hydrogen (secondary N) is 1. The molecule has 1 saturated carbocycles. The first kappa shape index (κ1) is 16.5. The Kier molecular flexibility index (Phi) is 5.02. The molecule has 1 aliphatic heterocycles. The van der Waals surface area contributed by atoms with Gasteiger partial charge in [-0.3, -0.25) is 9.69 Å². The summed E-state index contributed by atoms with van der Waals surface area (Å²) in [6.07, 6.45) is 7.83. The summed E-state index contributed by atoms with van der Waals surface area (Å²) in [5.41, 5.74) is 1.55. The highest BCUT2D eigenvalue weighted by Gasteiger charge is 2.39. The first-order valence-corrected chi connectivity index (χ1v) is 8.71. The molecule has 2 fully saturated rings. The molecule has 0 spiro atoms. The summed E-state index contributed by atoms with van der Waals surface area (Å²) in [4.78, 5) is 19.4. The third-order valence-corrected chi connectivity index (χ3v) is 5.38.